The van der Waals surface area contributed by atoms with Crippen LogP contribution in [0.25, 0.3) is 0 Å². The van der Waals surface area contributed by atoms with Gasteiger partial charge in [-0.1, -0.05) is 6.92 Å². The molecular weight excluding hydrogens is 262 g/mol. The topological polar surface area (TPSA) is 49.6 Å². The quantitative estimate of drug-likeness (QED) is 0.856. The molecule has 0 saturated carbocycles. The lowest BCUT2D eigenvalue weighted by Crippen LogP contribution is -2.51. The Balaban J connectivity index is 0.00000180. The van der Waals surface area contributed by atoms with Gasteiger partial charge in [0.25, 0.3) is 0 Å². The second-order valence-corrected chi connectivity index (χ2v) is 5.93. The molecule has 2 heterocycles. The standard InChI is InChI=1S/C14H27N3O.ClH/c1-12-5-8-17(13(9-12)10-15)11-14(18)16-6-3-2-4-7-16;/h12-13H,2-11,15H2,1H3;1H. The summed E-state index contributed by atoms with van der Waals surface area (Å²) in [6.45, 7) is 6.48. The second-order valence-electron chi connectivity index (χ2n) is 5.93. The first-order chi connectivity index (χ1) is 8.70. The first-order valence-corrected chi connectivity index (χ1v) is 7.42. The van der Waals surface area contributed by atoms with Gasteiger partial charge in [-0.2, -0.15) is 0 Å². The van der Waals surface area contributed by atoms with Crippen LogP contribution in [0, 0.1) is 5.92 Å². The largest absolute Gasteiger partial charge is 0.342 e. The summed E-state index contributed by atoms with van der Waals surface area (Å²) >= 11 is 0. The molecule has 0 aromatic heterocycles. The second kappa shape index (κ2) is 8.08. The minimum atomic E-state index is 0. The van der Waals surface area contributed by atoms with Crippen LogP contribution in [0.1, 0.15) is 39.0 Å². The number of nitrogens with zero attached hydrogens (tertiary/aromatic N) is 2. The summed E-state index contributed by atoms with van der Waals surface area (Å²) in [7, 11) is 0. The summed E-state index contributed by atoms with van der Waals surface area (Å²) in [5, 5.41) is 0. The number of rotatable bonds is 3. The van der Waals surface area contributed by atoms with Gasteiger partial charge in [-0.25, -0.2) is 0 Å². The SMILES string of the molecule is CC1CCN(CC(=O)N2CCCCC2)C(CN)C1.Cl. The molecule has 5 heteroatoms. The highest BCUT2D eigenvalue weighted by Gasteiger charge is 2.28. The van der Waals surface area contributed by atoms with Crippen molar-refractivity contribution in [1.82, 2.24) is 9.80 Å². The molecule has 2 saturated heterocycles. The Morgan fingerprint density at radius 1 is 1.21 bits per heavy atom. The maximum atomic E-state index is 12.3. The van der Waals surface area contributed by atoms with Crippen LogP contribution in [-0.2, 0) is 4.79 Å². The van der Waals surface area contributed by atoms with Gasteiger partial charge in [0.15, 0.2) is 0 Å². The molecule has 0 aromatic carbocycles. The monoisotopic (exact) mass is 289 g/mol. The maximum absolute atomic E-state index is 12.3. The van der Waals surface area contributed by atoms with Gasteiger partial charge < -0.3 is 10.6 Å². The molecule has 1 amide bonds. The van der Waals surface area contributed by atoms with Crippen molar-refractivity contribution in [2.75, 3.05) is 32.7 Å². The Kier molecular flexibility index (Phi) is 7.11. The fraction of sp³-hybridized carbons (Fsp3) is 0.929. The highest BCUT2D eigenvalue weighted by atomic mass is 35.5. The minimum Gasteiger partial charge on any atom is -0.342 e. The number of likely N-dealkylation sites (tertiary alicyclic amines) is 2. The first-order valence-electron chi connectivity index (χ1n) is 7.42. The van der Waals surface area contributed by atoms with E-state index in [9.17, 15) is 4.79 Å². The molecule has 2 rings (SSSR count). The zero-order valence-corrected chi connectivity index (χ0v) is 12.8. The summed E-state index contributed by atoms with van der Waals surface area (Å²) in [6, 6.07) is 0.405. The highest BCUT2D eigenvalue weighted by molar-refractivity contribution is 5.85. The predicted molar refractivity (Wildman–Crippen MR) is 80.5 cm³/mol. The molecule has 112 valence electrons. The van der Waals surface area contributed by atoms with Crippen LogP contribution >= 0.6 is 12.4 Å². The third kappa shape index (κ3) is 4.62. The van der Waals surface area contributed by atoms with E-state index in [0.29, 0.717) is 25.0 Å². The molecule has 19 heavy (non-hydrogen) atoms. The smallest absolute Gasteiger partial charge is 0.236 e. The van der Waals surface area contributed by atoms with Gasteiger partial charge >= 0.3 is 0 Å². The lowest BCUT2D eigenvalue weighted by molar-refractivity contribution is -0.134. The van der Waals surface area contributed by atoms with E-state index in [1.54, 1.807) is 0 Å². The molecule has 2 unspecified atom stereocenters. The Morgan fingerprint density at radius 2 is 1.89 bits per heavy atom. The van der Waals surface area contributed by atoms with Gasteiger partial charge in [0.05, 0.1) is 6.54 Å². The molecule has 2 atom stereocenters. The Labute approximate surface area is 123 Å². The average Bonchev–Trinajstić information content (AvgIpc) is 2.41. The Hall–Kier alpha value is -0.320. The third-order valence-electron chi connectivity index (χ3n) is 4.42. The van der Waals surface area contributed by atoms with Crippen LogP contribution in [0.4, 0.5) is 0 Å². The van der Waals surface area contributed by atoms with E-state index in [1.165, 1.54) is 25.7 Å². The van der Waals surface area contributed by atoms with E-state index in [4.69, 9.17) is 5.73 Å². The molecular formula is C14H28ClN3O. The van der Waals surface area contributed by atoms with Crippen LogP contribution in [-0.4, -0.2) is 54.5 Å². The molecule has 0 radical (unpaired) electrons. The number of nitrogens with two attached hydrogens (primary N) is 1. The fourth-order valence-electron chi connectivity index (χ4n) is 3.17. The summed E-state index contributed by atoms with van der Waals surface area (Å²) in [6.07, 6.45) is 5.95. The van der Waals surface area contributed by atoms with Gasteiger partial charge in [-0.3, -0.25) is 9.69 Å². The van der Waals surface area contributed by atoms with Crippen molar-refractivity contribution in [3.8, 4) is 0 Å². The van der Waals surface area contributed by atoms with Crippen molar-refractivity contribution < 1.29 is 4.79 Å². The first kappa shape index (κ1) is 16.7. The Bertz CT molecular complexity index is 282. The molecule has 2 aliphatic heterocycles. The molecule has 2 N–H and O–H groups in total. The van der Waals surface area contributed by atoms with Crippen molar-refractivity contribution in [3.05, 3.63) is 0 Å². The lowest BCUT2D eigenvalue weighted by Gasteiger charge is -2.39. The van der Waals surface area contributed by atoms with Crippen LogP contribution in [0.5, 0.6) is 0 Å². The average molecular weight is 290 g/mol. The zero-order chi connectivity index (χ0) is 13.0. The van der Waals surface area contributed by atoms with Gasteiger partial charge in [-0.05, 0) is 44.6 Å². The Morgan fingerprint density at radius 3 is 2.53 bits per heavy atom. The number of halogens is 1. The molecule has 2 aliphatic rings. The van der Waals surface area contributed by atoms with Crippen LogP contribution in [0.3, 0.4) is 0 Å². The van der Waals surface area contributed by atoms with E-state index in [2.05, 4.69) is 11.8 Å². The van der Waals surface area contributed by atoms with Gasteiger partial charge in [0, 0.05) is 25.7 Å². The highest BCUT2D eigenvalue weighted by Crippen LogP contribution is 2.22. The number of piperidine rings is 2. The van der Waals surface area contributed by atoms with Crippen molar-refractivity contribution >= 4 is 18.3 Å². The molecule has 0 spiro atoms. The van der Waals surface area contributed by atoms with Crippen LogP contribution in [0.15, 0.2) is 0 Å². The van der Waals surface area contributed by atoms with E-state index in [-0.39, 0.29) is 12.4 Å². The summed E-state index contributed by atoms with van der Waals surface area (Å²) in [4.78, 5) is 16.6. The maximum Gasteiger partial charge on any atom is 0.236 e. The van der Waals surface area contributed by atoms with Crippen molar-refractivity contribution in [2.45, 2.75) is 45.1 Å². The number of hydrogen-bond acceptors (Lipinski definition) is 3. The summed E-state index contributed by atoms with van der Waals surface area (Å²) in [5.41, 5.74) is 5.84. The van der Waals surface area contributed by atoms with Crippen molar-refractivity contribution in [1.29, 1.82) is 0 Å². The van der Waals surface area contributed by atoms with E-state index < -0.39 is 0 Å². The predicted octanol–water partition coefficient (Wildman–Crippen LogP) is 1.48. The lowest BCUT2D eigenvalue weighted by atomic mass is 9.92. The number of carbonyl (C=O) groups excluding carboxylic acids is 1. The summed E-state index contributed by atoms with van der Waals surface area (Å²) in [5.74, 6) is 1.06. The van der Waals surface area contributed by atoms with Gasteiger partial charge in [-0.15, -0.1) is 12.4 Å². The number of amides is 1. The fourth-order valence-corrected chi connectivity index (χ4v) is 3.17. The molecule has 0 bridgehead atoms. The number of carbonyl (C=O) groups is 1. The molecule has 2 fully saturated rings. The van der Waals surface area contributed by atoms with Crippen molar-refractivity contribution in [2.24, 2.45) is 11.7 Å². The van der Waals surface area contributed by atoms with Gasteiger partial charge in [0.1, 0.15) is 0 Å². The normalized spacial score (nSPS) is 28.8. The summed E-state index contributed by atoms with van der Waals surface area (Å²) < 4.78 is 0. The zero-order valence-electron chi connectivity index (χ0n) is 12.0. The van der Waals surface area contributed by atoms with E-state index >= 15 is 0 Å². The molecule has 0 aliphatic carbocycles. The molecule has 4 nitrogen and oxygen atoms in total. The third-order valence-corrected chi connectivity index (χ3v) is 4.42. The van der Waals surface area contributed by atoms with E-state index in [0.717, 1.165) is 32.0 Å². The van der Waals surface area contributed by atoms with Crippen LogP contribution in [0.2, 0.25) is 0 Å². The van der Waals surface area contributed by atoms with Gasteiger partial charge in [0.2, 0.25) is 5.91 Å². The number of hydrogen-bond donors (Lipinski definition) is 1. The molecule has 0 aromatic rings. The van der Waals surface area contributed by atoms with Crippen LogP contribution < -0.4 is 5.73 Å². The van der Waals surface area contributed by atoms with E-state index in [1.807, 2.05) is 4.90 Å². The minimum absolute atomic E-state index is 0. The van der Waals surface area contributed by atoms with Crippen molar-refractivity contribution in [3.63, 3.8) is 0 Å².